The van der Waals surface area contributed by atoms with E-state index in [4.69, 9.17) is 19.8 Å². The fourth-order valence-electron chi connectivity index (χ4n) is 1.86. The molecular weight excluding hydrogens is 452 g/mol. The van der Waals surface area contributed by atoms with Gasteiger partial charge in [0.05, 0.1) is 0 Å². The monoisotopic (exact) mass is 477 g/mol. The van der Waals surface area contributed by atoms with Gasteiger partial charge in [-0.1, -0.05) is 20.8 Å². The number of alkyl halides is 6. The molecule has 1 aliphatic heterocycles. The molecular formula is C17H25F6N5O4. The molecule has 0 aromatic carbocycles. The predicted molar refractivity (Wildman–Crippen MR) is 102 cm³/mol. The second kappa shape index (κ2) is 12.3. The Bertz CT molecular complexity index is 707. The van der Waals surface area contributed by atoms with Crippen LogP contribution in [0.15, 0.2) is 12.3 Å². The Morgan fingerprint density at radius 2 is 1.59 bits per heavy atom. The Balaban J connectivity index is 0.000000570. The lowest BCUT2D eigenvalue weighted by Crippen LogP contribution is -2.23. The van der Waals surface area contributed by atoms with Crippen LogP contribution in [-0.2, 0) is 9.59 Å². The van der Waals surface area contributed by atoms with Crippen molar-refractivity contribution in [1.82, 2.24) is 15.3 Å². The summed E-state index contributed by atoms with van der Waals surface area (Å²) in [7, 11) is 0. The quantitative estimate of drug-likeness (QED) is 0.415. The molecule has 1 unspecified atom stereocenters. The second-order valence-corrected chi connectivity index (χ2v) is 7.62. The summed E-state index contributed by atoms with van der Waals surface area (Å²) >= 11 is 0. The molecule has 0 saturated carbocycles. The number of rotatable bonds is 4. The highest BCUT2D eigenvalue weighted by Gasteiger charge is 2.38. The summed E-state index contributed by atoms with van der Waals surface area (Å²) in [5, 5.41) is 24.3. The molecule has 1 aliphatic rings. The van der Waals surface area contributed by atoms with Crippen LogP contribution in [0.2, 0.25) is 0 Å². The van der Waals surface area contributed by atoms with E-state index >= 15 is 0 Å². The van der Waals surface area contributed by atoms with Crippen LogP contribution < -0.4 is 16.0 Å². The summed E-state index contributed by atoms with van der Waals surface area (Å²) in [6, 6.07) is 2.40. The maximum atomic E-state index is 10.6. The van der Waals surface area contributed by atoms with Gasteiger partial charge in [-0.25, -0.2) is 14.6 Å². The van der Waals surface area contributed by atoms with Gasteiger partial charge in [0.25, 0.3) is 0 Å². The van der Waals surface area contributed by atoms with Crippen LogP contribution in [0, 0.1) is 5.41 Å². The molecule has 15 heteroatoms. The molecule has 184 valence electrons. The van der Waals surface area contributed by atoms with E-state index in [1.54, 1.807) is 6.20 Å². The summed E-state index contributed by atoms with van der Waals surface area (Å²) in [4.78, 5) is 26.5. The number of carboxylic acid groups (broad SMARTS) is 2. The van der Waals surface area contributed by atoms with Crippen LogP contribution in [0.1, 0.15) is 27.2 Å². The van der Waals surface area contributed by atoms with Crippen molar-refractivity contribution in [3.05, 3.63) is 12.3 Å². The van der Waals surface area contributed by atoms with Crippen molar-refractivity contribution in [1.29, 1.82) is 0 Å². The first kappa shape index (κ1) is 29.2. The van der Waals surface area contributed by atoms with E-state index in [0.717, 1.165) is 31.9 Å². The van der Waals surface area contributed by atoms with Crippen molar-refractivity contribution in [2.45, 2.75) is 45.6 Å². The van der Waals surface area contributed by atoms with Gasteiger partial charge in [0.2, 0.25) is 5.95 Å². The normalized spacial score (nSPS) is 16.1. The van der Waals surface area contributed by atoms with Gasteiger partial charge < -0.3 is 26.2 Å². The van der Waals surface area contributed by atoms with E-state index in [9.17, 15) is 26.3 Å². The average molecular weight is 477 g/mol. The zero-order valence-electron chi connectivity index (χ0n) is 17.4. The number of nitrogens with zero attached hydrogens (tertiary/aromatic N) is 2. The molecule has 2 rings (SSSR count). The summed E-state index contributed by atoms with van der Waals surface area (Å²) in [6.07, 6.45) is -7.22. The van der Waals surface area contributed by atoms with E-state index in [-0.39, 0.29) is 5.41 Å². The van der Waals surface area contributed by atoms with Gasteiger partial charge in [0.15, 0.2) is 0 Å². The molecule has 1 atom stereocenters. The van der Waals surface area contributed by atoms with Gasteiger partial charge in [-0.3, -0.25) is 0 Å². The van der Waals surface area contributed by atoms with E-state index in [0.29, 0.717) is 12.0 Å². The van der Waals surface area contributed by atoms with E-state index in [1.807, 2.05) is 6.07 Å². The summed E-state index contributed by atoms with van der Waals surface area (Å²) in [6.45, 7) is 9.51. The number of carboxylic acids is 2. The van der Waals surface area contributed by atoms with Gasteiger partial charge in [0.1, 0.15) is 5.82 Å². The molecule has 2 heterocycles. The topological polar surface area (TPSA) is 136 Å². The van der Waals surface area contributed by atoms with Crippen molar-refractivity contribution in [2.24, 2.45) is 5.41 Å². The fourth-order valence-corrected chi connectivity index (χ4v) is 1.86. The van der Waals surface area contributed by atoms with Crippen LogP contribution in [0.5, 0.6) is 0 Å². The number of anilines is 2. The number of halogens is 6. The first-order chi connectivity index (χ1) is 14.4. The number of aromatic nitrogens is 2. The van der Waals surface area contributed by atoms with Crippen LogP contribution in [-0.4, -0.2) is 70.1 Å². The maximum absolute atomic E-state index is 10.6. The van der Waals surface area contributed by atoms with Crippen molar-refractivity contribution in [3.63, 3.8) is 0 Å². The Hall–Kier alpha value is -2.84. The summed E-state index contributed by atoms with van der Waals surface area (Å²) < 4.78 is 63.5. The number of nitrogens with one attached hydrogen (secondary N) is 3. The molecule has 0 radical (unpaired) electrons. The van der Waals surface area contributed by atoms with Gasteiger partial charge in [0, 0.05) is 25.3 Å². The van der Waals surface area contributed by atoms with E-state index in [1.165, 1.54) is 0 Å². The van der Waals surface area contributed by atoms with E-state index < -0.39 is 24.3 Å². The first-order valence-electron chi connectivity index (χ1n) is 9.06. The van der Waals surface area contributed by atoms with Crippen LogP contribution in [0.4, 0.5) is 38.1 Å². The van der Waals surface area contributed by atoms with Gasteiger partial charge >= 0.3 is 24.3 Å². The summed E-state index contributed by atoms with van der Waals surface area (Å²) in [5.41, 5.74) is 0.224. The molecule has 1 fully saturated rings. The van der Waals surface area contributed by atoms with Gasteiger partial charge in [-0.05, 0) is 24.4 Å². The number of aliphatic carboxylic acids is 2. The smallest absolute Gasteiger partial charge is 0.475 e. The van der Waals surface area contributed by atoms with Crippen molar-refractivity contribution >= 4 is 23.7 Å². The molecule has 0 amide bonds. The minimum atomic E-state index is -5.08. The number of hydrogen-bond donors (Lipinski definition) is 5. The molecule has 1 aromatic rings. The predicted octanol–water partition coefficient (Wildman–Crippen LogP) is 2.97. The summed E-state index contributed by atoms with van der Waals surface area (Å²) in [5.74, 6) is -3.92. The Morgan fingerprint density at radius 1 is 1.09 bits per heavy atom. The zero-order chi connectivity index (χ0) is 25.2. The largest absolute Gasteiger partial charge is 0.490 e. The third-order valence-corrected chi connectivity index (χ3v) is 3.33. The molecule has 1 aromatic heterocycles. The Kier molecular flexibility index (Phi) is 11.2. The lowest BCUT2D eigenvalue weighted by atomic mass is 9.97. The lowest BCUT2D eigenvalue weighted by molar-refractivity contribution is -0.193. The minimum Gasteiger partial charge on any atom is -0.475 e. The minimum absolute atomic E-state index is 0.224. The third kappa shape index (κ3) is 14.2. The van der Waals surface area contributed by atoms with Crippen molar-refractivity contribution < 1.29 is 46.1 Å². The van der Waals surface area contributed by atoms with Gasteiger partial charge in [-0.15, -0.1) is 0 Å². The zero-order valence-corrected chi connectivity index (χ0v) is 17.4. The average Bonchev–Trinajstić information content (AvgIpc) is 3.12. The standard InChI is InChI=1S/C13H23N5.2C2HF3O2/c1-13(2,3)9-16-12-15-7-5-11(18-12)17-10-4-6-14-8-10;2*3-2(4,5)1(6)7/h5,7,10,14H,4,6,8-9H2,1-3H3,(H2,15,16,17,18);2*(H,6,7). The molecule has 32 heavy (non-hydrogen) atoms. The van der Waals surface area contributed by atoms with E-state index in [2.05, 4.69) is 46.7 Å². The fraction of sp³-hybridized carbons (Fsp3) is 0.647. The number of carbonyl (C=O) groups is 2. The highest BCUT2D eigenvalue weighted by Crippen LogP contribution is 2.15. The van der Waals surface area contributed by atoms with Crippen LogP contribution in [0.3, 0.4) is 0 Å². The molecule has 1 saturated heterocycles. The van der Waals surface area contributed by atoms with Crippen molar-refractivity contribution in [3.8, 4) is 0 Å². The SMILES string of the molecule is CC(C)(C)CNc1nccc(NC2CCNC2)n1.O=C(O)C(F)(F)F.O=C(O)C(F)(F)F. The number of hydrogen-bond acceptors (Lipinski definition) is 7. The molecule has 0 bridgehead atoms. The highest BCUT2D eigenvalue weighted by atomic mass is 19.4. The van der Waals surface area contributed by atoms with Crippen LogP contribution >= 0.6 is 0 Å². The molecule has 0 aliphatic carbocycles. The van der Waals surface area contributed by atoms with Crippen LogP contribution in [0.25, 0.3) is 0 Å². The maximum Gasteiger partial charge on any atom is 0.490 e. The Morgan fingerprint density at radius 3 is 1.97 bits per heavy atom. The third-order valence-electron chi connectivity index (χ3n) is 3.33. The lowest BCUT2D eigenvalue weighted by Gasteiger charge is -2.19. The highest BCUT2D eigenvalue weighted by molar-refractivity contribution is 5.73. The first-order valence-corrected chi connectivity index (χ1v) is 9.06. The van der Waals surface area contributed by atoms with Gasteiger partial charge in [-0.2, -0.15) is 31.3 Å². The second-order valence-electron chi connectivity index (χ2n) is 7.62. The van der Waals surface area contributed by atoms with Crippen molar-refractivity contribution in [2.75, 3.05) is 30.3 Å². The Labute approximate surface area is 179 Å². The molecule has 9 nitrogen and oxygen atoms in total. The molecule has 0 spiro atoms. The molecule has 5 N–H and O–H groups in total.